The van der Waals surface area contributed by atoms with E-state index >= 15 is 0 Å². The summed E-state index contributed by atoms with van der Waals surface area (Å²) in [5.41, 5.74) is 3.97. The van der Waals surface area contributed by atoms with Crippen LogP contribution in [0, 0.1) is 5.82 Å². The molecule has 28 heavy (non-hydrogen) atoms. The summed E-state index contributed by atoms with van der Waals surface area (Å²) >= 11 is 12.3. The molecule has 5 heteroatoms. The average molecular weight is 407 g/mol. The molecule has 0 unspecified atom stereocenters. The number of imidazole rings is 1. The number of halogens is 3. The summed E-state index contributed by atoms with van der Waals surface area (Å²) in [6, 6.07) is 22.4. The second-order valence-electron chi connectivity index (χ2n) is 6.55. The molecule has 0 aliphatic heterocycles. The van der Waals surface area contributed by atoms with E-state index in [2.05, 4.69) is 16.0 Å². The van der Waals surface area contributed by atoms with E-state index in [0.29, 0.717) is 15.9 Å². The highest BCUT2D eigenvalue weighted by Crippen LogP contribution is 2.37. The summed E-state index contributed by atoms with van der Waals surface area (Å²) in [6.07, 6.45) is 0. The second-order valence-corrected chi connectivity index (χ2v) is 7.40. The molecule has 1 N–H and O–H groups in total. The van der Waals surface area contributed by atoms with E-state index in [1.807, 2.05) is 48.5 Å². The smallest absolute Gasteiger partial charge is 0.143 e. The van der Waals surface area contributed by atoms with E-state index in [1.54, 1.807) is 12.1 Å². The molecule has 0 atom stereocenters. The van der Waals surface area contributed by atoms with Crippen LogP contribution in [0.4, 0.5) is 4.39 Å². The van der Waals surface area contributed by atoms with Crippen molar-refractivity contribution in [2.45, 2.75) is 0 Å². The van der Waals surface area contributed by atoms with Gasteiger partial charge in [0.05, 0.1) is 21.6 Å². The van der Waals surface area contributed by atoms with Crippen molar-refractivity contribution in [2.24, 2.45) is 0 Å². The average Bonchev–Trinajstić information content (AvgIpc) is 3.12. The maximum absolute atomic E-state index is 14.4. The van der Waals surface area contributed by atoms with Gasteiger partial charge >= 0.3 is 0 Å². The number of nitrogens with zero attached hydrogens (tertiary/aromatic N) is 1. The summed E-state index contributed by atoms with van der Waals surface area (Å²) < 4.78 is 14.4. The number of aromatic nitrogens is 2. The van der Waals surface area contributed by atoms with Crippen molar-refractivity contribution in [3.63, 3.8) is 0 Å². The quantitative estimate of drug-likeness (QED) is 0.323. The zero-order valence-corrected chi connectivity index (χ0v) is 16.0. The number of benzene rings is 4. The molecule has 1 heterocycles. The zero-order chi connectivity index (χ0) is 19.3. The van der Waals surface area contributed by atoms with Crippen molar-refractivity contribution < 1.29 is 4.39 Å². The highest BCUT2D eigenvalue weighted by molar-refractivity contribution is 6.33. The van der Waals surface area contributed by atoms with Gasteiger partial charge in [-0.2, -0.15) is 0 Å². The lowest BCUT2D eigenvalue weighted by molar-refractivity contribution is 0.630. The van der Waals surface area contributed by atoms with Crippen LogP contribution in [0.15, 0.2) is 72.8 Å². The molecule has 136 valence electrons. The van der Waals surface area contributed by atoms with Crippen LogP contribution in [0.5, 0.6) is 0 Å². The molecule has 0 spiro atoms. The van der Waals surface area contributed by atoms with Gasteiger partial charge < -0.3 is 4.98 Å². The molecule has 0 bridgehead atoms. The molecule has 0 aliphatic carbocycles. The van der Waals surface area contributed by atoms with E-state index in [4.69, 9.17) is 23.2 Å². The van der Waals surface area contributed by atoms with Gasteiger partial charge in [-0.3, -0.25) is 0 Å². The predicted molar refractivity (Wildman–Crippen MR) is 114 cm³/mol. The predicted octanol–water partition coefficient (Wildman–Crippen LogP) is 7.50. The minimum Gasteiger partial charge on any atom is -0.338 e. The summed E-state index contributed by atoms with van der Waals surface area (Å²) in [5.74, 6) is 0.00490. The Bertz CT molecular complexity index is 1320. The van der Waals surface area contributed by atoms with Crippen molar-refractivity contribution in [1.82, 2.24) is 9.97 Å². The molecule has 0 radical (unpaired) electrons. The molecule has 0 saturated heterocycles. The molecular formula is C23H13Cl2FN2. The normalized spacial score (nSPS) is 11.4. The Labute approximate surface area is 170 Å². The Morgan fingerprint density at radius 2 is 1.57 bits per heavy atom. The van der Waals surface area contributed by atoms with Crippen LogP contribution < -0.4 is 0 Å². The lowest BCUT2D eigenvalue weighted by atomic mass is 9.97. The van der Waals surface area contributed by atoms with Crippen LogP contribution in [-0.4, -0.2) is 9.97 Å². The lowest BCUT2D eigenvalue weighted by Crippen LogP contribution is -1.87. The van der Waals surface area contributed by atoms with E-state index in [0.717, 1.165) is 32.9 Å². The van der Waals surface area contributed by atoms with Gasteiger partial charge in [-0.1, -0.05) is 65.7 Å². The Kier molecular flexibility index (Phi) is 4.08. The first-order chi connectivity index (χ1) is 13.6. The Morgan fingerprint density at radius 3 is 2.32 bits per heavy atom. The van der Waals surface area contributed by atoms with Crippen LogP contribution in [0.25, 0.3) is 44.3 Å². The maximum atomic E-state index is 14.4. The minimum absolute atomic E-state index is 0.275. The van der Waals surface area contributed by atoms with Crippen molar-refractivity contribution in [2.75, 3.05) is 0 Å². The molecule has 5 aromatic rings. The molecule has 0 aliphatic rings. The van der Waals surface area contributed by atoms with Crippen molar-refractivity contribution in [1.29, 1.82) is 0 Å². The Balaban J connectivity index is 1.83. The lowest BCUT2D eigenvalue weighted by Gasteiger charge is -2.08. The first kappa shape index (κ1) is 17.2. The molecule has 0 saturated carbocycles. The van der Waals surface area contributed by atoms with E-state index in [9.17, 15) is 4.39 Å². The fourth-order valence-corrected chi connectivity index (χ4v) is 3.93. The second kappa shape index (κ2) is 6.62. The standard InChI is InChI=1S/C23H13Cl2FN2/c24-14-10-8-13(9-11-14)17-12-20-22(16-5-2-1-4-15(16)17)28-23(27-20)21-18(25)6-3-7-19(21)26/h1-12H,(H,27,28). The van der Waals surface area contributed by atoms with E-state index in [1.165, 1.54) is 6.07 Å². The van der Waals surface area contributed by atoms with Crippen LogP contribution in [0.3, 0.4) is 0 Å². The van der Waals surface area contributed by atoms with Crippen LogP contribution >= 0.6 is 23.2 Å². The number of rotatable bonds is 2. The number of nitrogens with one attached hydrogen (secondary N) is 1. The van der Waals surface area contributed by atoms with Crippen molar-refractivity contribution in [3.8, 4) is 22.5 Å². The molecule has 1 aromatic heterocycles. The molecule has 0 amide bonds. The van der Waals surface area contributed by atoms with Gasteiger partial charge in [-0.25, -0.2) is 9.37 Å². The molecule has 4 aromatic carbocycles. The summed E-state index contributed by atoms with van der Waals surface area (Å²) in [6.45, 7) is 0. The number of hydrogen-bond donors (Lipinski definition) is 1. The Hall–Kier alpha value is -2.88. The largest absolute Gasteiger partial charge is 0.338 e. The third-order valence-electron chi connectivity index (χ3n) is 4.85. The number of hydrogen-bond acceptors (Lipinski definition) is 1. The molecular weight excluding hydrogens is 394 g/mol. The zero-order valence-electron chi connectivity index (χ0n) is 14.5. The van der Waals surface area contributed by atoms with Gasteiger partial charge in [-0.15, -0.1) is 0 Å². The van der Waals surface area contributed by atoms with E-state index < -0.39 is 5.82 Å². The molecule has 0 fully saturated rings. The van der Waals surface area contributed by atoms with Gasteiger partial charge in [0.25, 0.3) is 0 Å². The van der Waals surface area contributed by atoms with Gasteiger partial charge in [0.1, 0.15) is 11.6 Å². The highest BCUT2D eigenvalue weighted by Gasteiger charge is 2.17. The van der Waals surface area contributed by atoms with Crippen molar-refractivity contribution in [3.05, 3.63) is 88.7 Å². The SMILES string of the molecule is Fc1cccc(Cl)c1-c1nc2c(cc(-c3ccc(Cl)cc3)c3ccccc32)[nH]1. The highest BCUT2D eigenvalue weighted by atomic mass is 35.5. The first-order valence-electron chi connectivity index (χ1n) is 8.73. The van der Waals surface area contributed by atoms with Crippen LogP contribution in [-0.2, 0) is 0 Å². The number of aromatic amines is 1. The molecule has 5 rings (SSSR count). The third-order valence-corrected chi connectivity index (χ3v) is 5.41. The molecule has 2 nitrogen and oxygen atoms in total. The summed E-state index contributed by atoms with van der Waals surface area (Å²) in [4.78, 5) is 7.93. The van der Waals surface area contributed by atoms with Gasteiger partial charge in [-0.05, 0) is 46.8 Å². The topological polar surface area (TPSA) is 28.7 Å². The number of H-pyrrole nitrogens is 1. The summed E-state index contributed by atoms with van der Waals surface area (Å²) in [5, 5.41) is 3.06. The fraction of sp³-hybridized carbons (Fsp3) is 0. The third kappa shape index (κ3) is 2.75. The number of fused-ring (bicyclic) bond motifs is 3. The summed E-state index contributed by atoms with van der Waals surface area (Å²) in [7, 11) is 0. The van der Waals surface area contributed by atoms with Gasteiger partial charge in [0.2, 0.25) is 0 Å². The van der Waals surface area contributed by atoms with Crippen LogP contribution in [0.1, 0.15) is 0 Å². The van der Waals surface area contributed by atoms with Crippen molar-refractivity contribution >= 4 is 45.0 Å². The monoisotopic (exact) mass is 406 g/mol. The maximum Gasteiger partial charge on any atom is 0.143 e. The fourth-order valence-electron chi connectivity index (χ4n) is 3.55. The first-order valence-corrected chi connectivity index (χ1v) is 9.49. The van der Waals surface area contributed by atoms with Gasteiger partial charge in [0.15, 0.2) is 0 Å². The Morgan fingerprint density at radius 1 is 0.821 bits per heavy atom. The van der Waals surface area contributed by atoms with Gasteiger partial charge in [0, 0.05) is 10.4 Å². The van der Waals surface area contributed by atoms with E-state index in [-0.39, 0.29) is 5.56 Å². The van der Waals surface area contributed by atoms with Crippen LogP contribution in [0.2, 0.25) is 10.0 Å². The minimum atomic E-state index is -0.409.